The van der Waals surface area contributed by atoms with Gasteiger partial charge in [-0.1, -0.05) is 30.3 Å². The van der Waals surface area contributed by atoms with Crippen molar-refractivity contribution in [1.29, 1.82) is 0 Å². The van der Waals surface area contributed by atoms with Crippen molar-refractivity contribution in [2.75, 3.05) is 0 Å². The third-order valence-electron chi connectivity index (χ3n) is 6.32. The molecule has 1 N–H and O–H groups in total. The molecule has 3 aromatic rings. The number of terminal acetylenes is 2. The highest BCUT2D eigenvalue weighted by Gasteiger charge is 2.10. The number of rotatable bonds is 6. The lowest BCUT2D eigenvalue weighted by atomic mass is 10.0. The molecule has 0 bridgehead atoms. The Balaban J connectivity index is 1.65. The van der Waals surface area contributed by atoms with Gasteiger partial charge in [-0.25, -0.2) is 0 Å². The van der Waals surface area contributed by atoms with Crippen molar-refractivity contribution in [3.8, 4) is 279 Å². The highest BCUT2D eigenvalue weighted by Crippen LogP contribution is 2.30. The summed E-state index contributed by atoms with van der Waals surface area (Å²) in [4.78, 5) is 0. The van der Waals surface area contributed by atoms with Crippen LogP contribution in [0, 0.1) is 262 Å². The first-order valence-corrected chi connectivity index (χ1v) is 17.9. The molecule has 0 spiro atoms. The third-order valence-corrected chi connectivity index (χ3v) is 6.32. The molecule has 0 aliphatic heterocycles. The zero-order valence-corrected chi connectivity index (χ0v) is 33.9. The minimum Gasteiger partial charge on any atom is -0.489 e. The number of aliphatic hydroxyl groups is 1. The first-order valence-electron chi connectivity index (χ1n) is 17.9. The van der Waals surface area contributed by atoms with Crippen molar-refractivity contribution in [3.05, 3.63) is 65.7 Å². The van der Waals surface area contributed by atoms with Gasteiger partial charge in [0.15, 0.2) is 0 Å². The van der Waals surface area contributed by atoms with E-state index in [9.17, 15) is 5.11 Å². The second-order valence-corrected chi connectivity index (χ2v) is 10.5. The van der Waals surface area contributed by atoms with Gasteiger partial charge in [0.1, 0.15) is 36.1 Å². The van der Waals surface area contributed by atoms with Gasteiger partial charge >= 0.3 is 0 Å². The molecule has 288 valence electrons. The number of ether oxygens (including phenoxy) is 3. The van der Waals surface area contributed by atoms with Gasteiger partial charge in [-0.15, -0.1) is 12.8 Å². The van der Waals surface area contributed by atoms with Crippen LogP contribution in [0.1, 0.15) is 11.1 Å². The van der Waals surface area contributed by atoms with Gasteiger partial charge in [0.05, 0.1) is 6.61 Å². The lowest BCUT2D eigenvalue weighted by Gasteiger charge is -2.13. The summed E-state index contributed by atoms with van der Waals surface area (Å²) in [5, 5.41) is 12.0. The van der Waals surface area contributed by atoms with Gasteiger partial charge in [0.25, 0.3) is 0 Å². The van der Waals surface area contributed by atoms with E-state index in [1.165, 1.54) is 0 Å². The van der Waals surface area contributed by atoms with E-state index in [2.05, 4.69) is 249 Å². The Bertz CT molecular complexity index is 3690. The molecule has 3 rings (SSSR count). The second-order valence-electron chi connectivity index (χ2n) is 10.5. The fourth-order valence-corrected chi connectivity index (χ4v) is 3.96. The van der Waals surface area contributed by atoms with E-state index in [1.54, 1.807) is 24.3 Å². The van der Waals surface area contributed by atoms with E-state index in [-0.39, 0.29) is 13.2 Å². The molecular weight excluding hydrogens is 809 g/mol. The van der Waals surface area contributed by atoms with Gasteiger partial charge in [-0.05, 0) is 129 Å². The van der Waals surface area contributed by atoms with Gasteiger partial charge in [-0.3, -0.25) is 0 Å². The predicted molar refractivity (Wildman–Crippen MR) is 255 cm³/mol. The average Bonchev–Trinajstić information content (AvgIpc) is 3.34. The summed E-state index contributed by atoms with van der Waals surface area (Å²) in [6.07, 6.45) is 15.0. The Morgan fingerprint density at radius 3 is 1.06 bits per heavy atom. The van der Waals surface area contributed by atoms with E-state index < -0.39 is 0 Å². The minimum atomic E-state index is -0.211. The smallest absolute Gasteiger partial charge is 0.144 e. The lowest BCUT2D eigenvalue weighted by molar-refractivity contribution is 0.260. The number of benzene rings is 3. The quantitative estimate of drug-likeness (QED) is 0.384. The number of hydrogen-bond donors (Lipinski definition) is 1. The first-order chi connectivity index (χ1) is 32.7. The molecule has 0 aliphatic carbocycles. The van der Waals surface area contributed by atoms with Crippen LogP contribution in [0.15, 0.2) is 54.6 Å². The van der Waals surface area contributed by atoms with Crippen LogP contribution in [0.3, 0.4) is 0 Å². The molecular formula is C62H16O4. The van der Waals surface area contributed by atoms with Crippen LogP contribution < -0.4 is 14.2 Å². The summed E-state index contributed by atoms with van der Waals surface area (Å²) in [6, 6.07) is 16.4. The van der Waals surface area contributed by atoms with Crippen molar-refractivity contribution in [2.45, 2.75) is 13.2 Å². The fourth-order valence-electron chi connectivity index (χ4n) is 3.96. The van der Waals surface area contributed by atoms with Crippen molar-refractivity contribution in [1.82, 2.24) is 0 Å². The van der Waals surface area contributed by atoms with E-state index >= 15 is 0 Å². The molecule has 4 heteroatoms. The van der Waals surface area contributed by atoms with Crippen LogP contribution in [-0.4, -0.2) is 5.11 Å². The van der Waals surface area contributed by atoms with E-state index in [0.717, 1.165) is 10.8 Å². The first kappa shape index (κ1) is 48.0. The van der Waals surface area contributed by atoms with Crippen molar-refractivity contribution in [2.24, 2.45) is 0 Å². The zero-order chi connectivity index (χ0) is 46.6. The van der Waals surface area contributed by atoms with E-state index in [1.807, 2.05) is 30.3 Å². The maximum absolute atomic E-state index is 10.1. The van der Waals surface area contributed by atoms with E-state index in [4.69, 9.17) is 27.1 Å². The number of fused-ring (bicyclic) bond motifs is 1. The highest BCUT2D eigenvalue weighted by atomic mass is 16.5. The van der Waals surface area contributed by atoms with Gasteiger partial charge in [-0.2, -0.15) is 0 Å². The summed E-state index contributed by atoms with van der Waals surface area (Å²) in [5.41, 5.74) is 1.31. The molecule has 0 fully saturated rings. The van der Waals surface area contributed by atoms with Crippen LogP contribution in [0.2, 0.25) is 0 Å². The lowest BCUT2D eigenvalue weighted by Crippen LogP contribution is -2.00. The zero-order valence-electron chi connectivity index (χ0n) is 33.9. The Morgan fingerprint density at radius 1 is 0.379 bits per heavy atom. The van der Waals surface area contributed by atoms with Gasteiger partial charge < -0.3 is 19.3 Å². The Morgan fingerprint density at radius 2 is 0.712 bits per heavy atom. The standard InChI is InChI=1S/C62H16O4/c1-3-5-7-9-11-13-15-17-19-21-23-25-27-29-31-33-35-37-39-43-49-64-58-51-56(55-66-62-48-47-57-45-41-42-46-60(57)61(62)54-63)52-59(53-58)65-50-44-40-38-36-34-32-30-28-26-24-22-20-18-16-14-12-10-8-6-4-2/h1-2,41-42,45-48,51-53,63H,54-55H2. The molecule has 3 aromatic carbocycles. The Kier molecular flexibility index (Phi) is 24.4. The number of aliphatic hydroxyl groups excluding tert-OH is 1. The SMILES string of the molecule is C#CC#CC#CC#CC#CC#CC#CC#CC#CC#CC#COc1cc(COc2ccc3ccccc3c2CO)cc(OC#CC#CC#CC#CC#CC#CC#CC#CC#CC#CC#C)c1. The molecule has 0 radical (unpaired) electrons. The van der Waals surface area contributed by atoms with Gasteiger partial charge in [0.2, 0.25) is 0 Å². The molecule has 0 amide bonds. The molecule has 0 heterocycles. The predicted octanol–water partition coefficient (Wildman–Crippen LogP) is 3.92. The van der Waals surface area contributed by atoms with Crippen LogP contribution in [-0.2, 0) is 13.2 Å². The molecule has 0 aliphatic rings. The third kappa shape index (κ3) is 22.5. The molecule has 0 saturated heterocycles. The Labute approximate surface area is 386 Å². The van der Waals surface area contributed by atoms with Crippen LogP contribution in [0.5, 0.6) is 17.2 Å². The van der Waals surface area contributed by atoms with Gasteiger partial charge in [0, 0.05) is 154 Å². The van der Waals surface area contributed by atoms with E-state index in [0.29, 0.717) is 28.4 Å². The second kappa shape index (κ2) is 33.6. The average molecular weight is 825 g/mol. The molecule has 66 heavy (non-hydrogen) atoms. The van der Waals surface area contributed by atoms with Crippen molar-refractivity contribution < 1.29 is 19.3 Å². The highest BCUT2D eigenvalue weighted by molar-refractivity contribution is 5.87. The minimum absolute atomic E-state index is 0.0938. The van der Waals surface area contributed by atoms with Crippen molar-refractivity contribution in [3.63, 3.8) is 0 Å². The topological polar surface area (TPSA) is 47.9 Å². The summed E-state index contributed by atoms with van der Waals surface area (Å²) in [7, 11) is 0. The maximum atomic E-state index is 10.1. The summed E-state index contributed by atoms with van der Waals surface area (Å²) in [5.74, 6) is 100. The normalized spacial score (nSPS) is 6.35. The molecule has 0 atom stereocenters. The summed E-state index contributed by atoms with van der Waals surface area (Å²) < 4.78 is 17.3. The monoisotopic (exact) mass is 824 g/mol. The largest absolute Gasteiger partial charge is 0.489 e. The molecule has 0 unspecified atom stereocenters. The molecule has 0 aromatic heterocycles. The van der Waals surface area contributed by atoms with Crippen LogP contribution in [0.25, 0.3) is 10.8 Å². The van der Waals surface area contributed by atoms with Crippen molar-refractivity contribution >= 4 is 10.8 Å². The summed E-state index contributed by atoms with van der Waals surface area (Å²) >= 11 is 0. The van der Waals surface area contributed by atoms with Crippen LogP contribution in [0.4, 0.5) is 0 Å². The maximum Gasteiger partial charge on any atom is 0.144 e. The molecule has 4 nitrogen and oxygen atoms in total. The fraction of sp³-hybridized carbons (Fsp3) is 0.0323. The van der Waals surface area contributed by atoms with Crippen LogP contribution >= 0.6 is 0 Å². The molecule has 0 saturated carbocycles. The summed E-state index contributed by atoms with van der Waals surface area (Å²) in [6.45, 7) is -0.118. The Hall–Kier alpha value is -12.4. The number of hydrogen-bond acceptors (Lipinski definition) is 4.